The van der Waals surface area contributed by atoms with Crippen LogP contribution in [0.1, 0.15) is 32.2 Å². The van der Waals surface area contributed by atoms with E-state index in [4.69, 9.17) is 10.3 Å². The first-order valence-electron chi connectivity index (χ1n) is 9.34. The van der Waals surface area contributed by atoms with Crippen LogP contribution in [0.25, 0.3) is 22.2 Å². The number of carbonyl (C=O) groups is 2. The molecule has 2 heterocycles. The van der Waals surface area contributed by atoms with Crippen LogP contribution in [-0.2, 0) is 0 Å². The maximum Gasteiger partial charge on any atom is 0.298 e. The summed E-state index contributed by atoms with van der Waals surface area (Å²) in [6.45, 7) is 3.45. The summed E-state index contributed by atoms with van der Waals surface area (Å²) in [4.78, 5) is 36.2. The van der Waals surface area contributed by atoms with Crippen LogP contribution in [0.15, 0.2) is 59.0 Å². The highest BCUT2D eigenvalue weighted by molar-refractivity contribution is 6.12. The lowest BCUT2D eigenvalue weighted by atomic mass is 10.1. The number of fused-ring (bicyclic) bond motifs is 1. The molecule has 2 aromatic carbocycles. The van der Waals surface area contributed by atoms with Crippen LogP contribution < -0.4 is 11.3 Å². The molecule has 31 heavy (non-hydrogen) atoms. The third-order valence-electron chi connectivity index (χ3n) is 5.19. The lowest BCUT2D eigenvalue weighted by molar-refractivity contribution is -0.384. The molecule has 0 radical (unpaired) electrons. The monoisotopic (exact) mass is 418 g/mol. The number of nitrogen functional groups attached to an aromatic ring is 1. The molecule has 156 valence electrons. The predicted molar refractivity (Wildman–Crippen MR) is 114 cm³/mol. The maximum atomic E-state index is 13.3. The van der Waals surface area contributed by atoms with Gasteiger partial charge in [0.1, 0.15) is 5.76 Å². The standard InChI is InChI=1S/C22H18N4O5/c1-12-7-8-14(26(29)30)11-16(12)18-9-10-19(31-18)22(28)25-13(2)20(21(27)24-23)15-5-3-4-6-17(15)25/h3-11H,23H2,1-2H3,(H,24,27). The Balaban J connectivity index is 1.82. The summed E-state index contributed by atoms with van der Waals surface area (Å²) >= 11 is 0. The summed E-state index contributed by atoms with van der Waals surface area (Å²) in [6.07, 6.45) is 0. The molecule has 0 fully saturated rings. The molecule has 3 N–H and O–H groups in total. The topological polar surface area (TPSA) is 133 Å². The number of nitrogens with one attached hydrogen (secondary N) is 1. The van der Waals surface area contributed by atoms with E-state index in [0.717, 1.165) is 5.56 Å². The van der Waals surface area contributed by atoms with Gasteiger partial charge >= 0.3 is 0 Å². The average molecular weight is 418 g/mol. The quantitative estimate of drug-likeness (QED) is 0.225. The van der Waals surface area contributed by atoms with Gasteiger partial charge in [0.25, 0.3) is 17.5 Å². The van der Waals surface area contributed by atoms with Crippen molar-refractivity contribution in [2.45, 2.75) is 13.8 Å². The number of nitro benzene ring substituents is 1. The largest absolute Gasteiger partial charge is 0.451 e. The van der Waals surface area contributed by atoms with Crippen molar-refractivity contribution in [3.8, 4) is 11.3 Å². The highest BCUT2D eigenvalue weighted by atomic mass is 16.6. The summed E-state index contributed by atoms with van der Waals surface area (Å²) in [5.74, 6) is 4.70. The Kier molecular flexibility index (Phi) is 4.88. The molecule has 0 aliphatic heterocycles. The average Bonchev–Trinajstić information content (AvgIpc) is 3.35. The summed E-state index contributed by atoms with van der Waals surface area (Å²) in [7, 11) is 0. The van der Waals surface area contributed by atoms with Crippen molar-refractivity contribution < 1.29 is 18.9 Å². The highest BCUT2D eigenvalue weighted by Gasteiger charge is 2.25. The zero-order valence-corrected chi connectivity index (χ0v) is 16.7. The fourth-order valence-electron chi connectivity index (χ4n) is 3.68. The van der Waals surface area contributed by atoms with Gasteiger partial charge in [-0.15, -0.1) is 0 Å². The van der Waals surface area contributed by atoms with Crippen molar-refractivity contribution in [2.75, 3.05) is 0 Å². The number of benzene rings is 2. The van der Waals surface area contributed by atoms with Crippen molar-refractivity contribution in [3.63, 3.8) is 0 Å². The molecule has 0 saturated heterocycles. The number of nitrogens with two attached hydrogens (primary N) is 1. The zero-order valence-electron chi connectivity index (χ0n) is 16.7. The zero-order chi connectivity index (χ0) is 22.3. The fourth-order valence-corrected chi connectivity index (χ4v) is 3.68. The highest BCUT2D eigenvalue weighted by Crippen LogP contribution is 2.31. The van der Waals surface area contributed by atoms with E-state index in [1.54, 1.807) is 50.2 Å². The van der Waals surface area contributed by atoms with E-state index in [2.05, 4.69) is 5.43 Å². The van der Waals surface area contributed by atoms with Crippen LogP contribution in [0.4, 0.5) is 5.69 Å². The van der Waals surface area contributed by atoms with Crippen molar-refractivity contribution in [2.24, 2.45) is 5.84 Å². The van der Waals surface area contributed by atoms with Crippen LogP contribution in [0, 0.1) is 24.0 Å². The second kappa shape index (κ2) is 7.54. The molecule has 0 spiro atoms. The Morgan fingerprint density at radius 3 is 2.55 bits per heavy atom. The molecule has 0 saturated carbocycles. The molecule has 4 aromatic rings. The Morgan fingerprint density at radius 1 is 1.10 bits per heavy atom. The molecular formula is C22H18N4O5. The van der Waals surface area contributed by atoms with Gasteiger partial charge in [0.2, 0.25) is 0 Å². The predicted octanol–water partition coefficient (Wildman–Crippen LogP) is 3.72. The second-order valence-corrected chi connectivity index (χ2v) is 7.01. The lowest BCUT2D eigenvalue weighted by Gasteiger charge is -2.06. The van der Waals surface area contributed by atoms with E-state index in [9.17, 15) is 19.7 Å². The molecule has 0 aliphatic carbocycles. The van der Waals surface area contributed by atoms with Crippen LogP contribution >= 0.6 is 0 Å². The first kappa shape index (κ1) is 20.0. The van der Waals surface area contributed by atoms with Gasteiger partial charge in [0.15, 0.2) is 5.76 Å². The number of furan rings is 1. The first-order valence-corrected chi connectivity index (χ1v) is 9.34. The van der Waals surface area contributed by atoms with Crippen LogP contribution in [-0.4, -0.2) is 21.3 Å². The minimum absolute atomic E-state index is 0.0319. The number of rotatable bonds is 4. The number of aromatic nitrogens is 1. The van der Waals surface area contributed by atoms with Crippen LogP contribution in [0.2, 0.25) is 0 Å². The van der Waals surface area contributed by atoms with Crippen molar-refractivity contribution >= 4 is 28.4 Å². The molecule has 0 bridgehead atoms. The minimum atomic E-state index is -0.507. The molecular weight excluding hydrogens is 400 g/mol. The molecule has 1 amide bonds. The number of hydrazine groups is 1. The fraction of sp³-hybridized carbons (Fsp3) is 0.0909. The SMILES string of the molecule is Cc1ccc([N+](=O)[O-])cc1-c1ccc(C(=O)n2c(C)c(C(=O)NN)c3ccccc32)o1. The Morgan fingerprint density at radius 2 is 1.84 bits per heavy atom. The summed E-state index contributed by atoms with van der Waals surface area (Å²) in [5.41, 5.74) is 4.57. The van der Waals surface area contributed by atoms with Gasteiger partial charge in [0.05, 0.1) is 16.0 Å². The number of non-ortho nitro benzene ring substituents is 1. The Labute approximate surface area is 176 Å². The third kappa shape index (κ3) is 3.26. The first-order chi connectivity index (χ1) is 14.8. The lowest BCUT2D eigenvalue weighted by Crippen LogP contribution is -2.30. The van der Waals surface area contributed by atoms with E-state index in [1.165, 1.54) is 22.8 Å². The molecule has 9 heteroatoms. The van der Waals surface area contributed by atoms with Gasteiger partial charge in [-0.05, 0) is 37.6 Å². The summed E-state index contributed by atoms with van der Waals surface area (Å²) in [6, 6.07) is 14.5. The number of hydrogen-bond acceptors (Lipinski definition) is 6. The van der Waals surface area contributed by atoms with Gasteiger partial charge in [-0.1, -0.05) is 24.3 Å². The van der Waals surface area contributed by atoms with E-state index >= 15 is 0 Å². The molecule has 9 nitrogen and oxygen atoms in total. The van der Waals surface area contributed by atoms with Gasteiger partial charge in [-0.2, -0.15) is 0 Å². The summed E-state index contributed by atoms with van der Waals surface area (Å²) < 4.78 is 7.17. The minimum Gasteiger partial charge on any atom is -0.451 e. The number of carbonyl (C=O) groups excluding carboxylic acids is 2. The number of aryl methyl sites for hydroxylation is 1. The van der Waals surface area contributed by atoms with E-state index < -0.39 is 16.7 Å². The Hall–Kier alpha value is -4.24. The van der Waals surface area contributed by atoms with E-state index in [-0.39, 0.29) is 11.4 Å². The molecule has 4 rings (SSSR count). The molecule has 2 aromatic heterocycles. The van der Waals surface area contributed by atoms with Crippen molar-refractivity contribution in [1.29, 1.82) is 0 Å². The second-order valence-electron chi connectivity index (χ2n) is 7.01. The number of hydrogen-bond donors (Lipinski definition) is 2. The molecule has 0 unspecified atom stereocenters. The van der Waals surface area contributed by atoms with Gasteiger partial charge in [0, 0.05) is 28.8 Å². The number of nitrogens with zero attached hydrogens (tertiary/aromatic N) is 2. The maximum absolute atomic E-state index is 13.3. The van der Waals surface area contributed by atoms with Crippen LogP contribution in [0.3, 0.4) is 0 Å². The molecule has 0 atom stereocenters. The van der Waals surface area contributed by atoms with E-state index in [0.29, 0.717) is 33.5 Å². The van der Waals surface area contributed by atoms with Gasteiger partial charge in [-0.25, -0.2) is 5.84 Å². The number of amides is 1. The van der Waals surface area contributed by atoms with Crippen molar-refractivity contribution in [3.05, 3.63) is 87.3 Å². The Bertz CT molecular complexity index is 1370. The molecule has 0 aliphatic rings. The van der Waals surface area contributed by atoms with Crippen LogP contribution in [0.5, 0.6) is 0 Å². The number of nitro groups is 1. The van der Waals surface area contributed by atoms with Gasteiger partial charge in [-0.3, -0.25) is 29.7 Å². The smallest absolute Gasteiger partial charge is 0.298 e. The normalized spacial score (nSPS) is 10.9. The van der Waals surface area contributed by atoms with E-state index in [1.807, 2.05) is 0 Å². The third-order valence-corrected chi connectivity index (χ3v) is 5.19. The number of para-hydroxylation sites is 1. The van der Waals surface area contributed by atoms with Crippen molar-refractivity contribution in [1.82, 2.24) is 9.99 Å². The summed E-state index contributed by atoms with van der Waals surface area (Å²) in [5, 5.41) is 11.7. The van der Waals surface area contributed by atoms with Gasteiger partial charge < -0.3 is 4.42 Å².